The summed E-state index contributed by atoms with van der Waals surface area (Å²) in [5.41, 5.74) is 3.87. The van der Waals surface area contributed by atoms with Gasteiger partial charge in [0.15, 0.2) is 0 Å². The zero-order valence-electron chi connectivity index (χ0n) is 16.9. The van der Waals surface area contributed by atoms with E-state index in [9.17, 15) is 0 Å². The van der Waals surface area contributed by atoms with E-state index in [1.807, 2.05) is 6.07 Å². The molecule has 0 atom stereocenters. The molecule has 5 aromatic rings. The summed E-state index contributed by atoms with van der Waals surface area (Å²) in [7, 11) is 1.00. The zero-order valence-corrected chi connectivity index (χ0v) is 16.9. The van der Waals surface area contributed by atoms with E-state index in [-0.39, 0.29) is 0 Å². The molecule has 144 valence electrons. The molecule has 5 rings (SSSR count). The van der Waals surface area contributed by atoms with Gasteiger partial charge in [-0.1, -0.05) is 109 Å². The van der Waals surface area contributed by atoms with Gasteiger partial charge in [0.1, 0.15) is 0 Å². The highest BCUT2D eigenvalue weighted by molar-refractivity contribution is 5.98. The highest BCUT2D eigenvalue weighted by Gasteiger charge is 1.95. The summed E-state index contributed by atoms with van der Waals surface area (Å²) >= 11 is 0. The average Bonchev–Trinajstić information content (AvgIpc) is 2.80. The molecule has 0 aliphatic heterocycles. The molecular formula is C28H26O. The van der Waals surface area contributed by atoms with E-state index < -0.39 is 0 Å². The Morgan fingerprint density at radius 3 is 1.17 bits per heavy atom. The molecule has 0 fully saturated rings. The van der Waals surface area contributed by atoms with Crippen molar-refractivity contribution in [2.75, 3.05) is 7.11 Å². The number of aliphatic hydroxyl groups is 1. The first-order valence-corrected chi connectivity index (χ1v) is 9.74. The standard InChI is InChI=1S/C14H10.C13H12.CH4O/c1-2-6-12-10-14-8-4-3-7-13(14)9-11(12)5-1;1-11-7-9-13(10-8-11)12-5-3-2-4-6-12;1-2/h1-10H;2-10H,1H3;2H,1H3. The summed E-state index contributed by atoms with van der Waals surface area (Å²) in [6, 6.07) is 40.4. The van der Waals surface area contributed by atoms with Crippen molar-refractivity contribution in [2.24, 2.45) is 0 Å². The molecular weight excluding hydrogens is 352 g/mol. The van der Waals surface area contributed by atoms with Crippen LogP contribution >= 0.6 is 0 Å². The van der Waals surface area contributed by atoms with Crippen LogP contribution in [0.15, 0.2) is 115 Å². The highest BCUT2D eigenvalue weighted by atomic mass is 16.2. The Bertz CT molecular complexity index is 1050. The fourth-order valence-electron chi connectivity index (χ4n) is 3.26. The number of benzene rings is 5. The second-order valence-corrected chi connectivity index (χ2v) is 6.78. The molecule has 0 unspecified atom stereocenters. The minimum Gasteiger partial charge on any atom is -0.400 e. The summed E-state index contributed by atoms with van der Waals surface area (Å²) in [6.45, 7) is 2.11. The van der Waals surface area contributed by atoms with Gasteiger partial charge in [-0.25, -0.2) is 0 Å². The van der Waals surface area contributed by atoms with E-state index in [4.69, 9.17) is 5.11 Å². The van der Waals surface area contributed by atoms with Crippen molar-refractivity contribution < 1.29 is 5.11 Å². The molecule has 1 heteroatoms. The summed E-state index contributed by atoms with van der Waals surface area (Å²) in [5, 5.41) is 12.2. The van der Waals surface area contributed by atoms with Gasteiger partial charge >= 0.3 is 0 Å². The smallest absolute Gasteiger partial charge is 0.0319 e. The van der Waals surface area contributed by atoms with Crippen molar-refractivity contribution >= 4 is 21.5 Å². The molecule has 0 aliphatic rings. The van der Waals surface area contributed by atoms with E-state index in [2.05, 4.69) is 116 Å². The molecule has 29 heavy (non-hydrogen) atoms. The number of hydrogen-bond acceptors (Lipinski definition) is 1. The van der Waals surface area contributed by atoms with Crippen molar-refractivity contribution in [1.82, 2.24) is 0 Å². The van der Waals surface area contributed by atoms with Crippen LogP contribution in [-0.2, 0) is 0 Å². The van der Waals surface area contributed by atoms with Crippen LogP contribution in [-0.4, -0.2) is 12.2 Å². The predicted molar refractivity (Wildman–Crippen MR) is 126 cm³/mol. The van der Waals surface area contributed by atoms with Crippen LogP contribution in [0.25, 0.3) is 32.7 Å². The quantitative estimate of drug-likeness (QED) is 0.304. The molecule has 0 spiro atoms. The Labute approximate surface area is 172 Å². The van der Waals surface area contributed by atoms with Crippen molar-refractivity contribution in [2.45, 2.75) is 6.92 Å². The fourth-order valence-corrected chi connectivity index (χ4v) is 3.26. The van der Waals surface area contributed by atoms with Crippen molar-refractivity contribution in [3.63, 3.8) is 0 Å². The van der Waals surface area contributed by atoms with Crippen molar-refractivity contribution in [1.29, 1.82) is 0 Å². The number of aliphatic hydroxyl groups excluding tert-OH is 1. The fraction of sp³-hybridized carbons (Fsp3) is 0.0714. The number of aryl methyl sites for hydroxylation is 1. The second-order valence-electron chi connectivity index (χ2n) is 6.78. The highest BCUT2D eigenvalue weighted by Crippen LogP contribution is 2.22. The zero-order chi connectivity index (χ0) is 20.5. The third-order valence-corrected chi connectivity index (χ3v) is 4.77. The van der Waals surface area contributed by atoms with Crippen LogP contribution < -0.4 is 0 Å². The lowest BCUT2D eigenvalue weighted by atomic mass is 10.0. The molecule has 5 aromatic carbocycles. The normalized spacial score (nSPS) is 9.90. The van der Waals surface area contributed by atoms with Crippen LogP contribution in [0.5, 0.6) is 0 Å². The lowest BCUT2D eigenvalue weighted by Crippen LogP contribution is -1.76. The van der Waals surface area contributed by atoms with Crippen molar-refractivity contribution in [3.05, 3.63) is 121 Å². The maximum absolute atomic E-state index is 7.00. The molecule has 0 bridgehead atoms. The monoisotopic (exact) mass is 378 g/mol. The number of hydrogen-bond donors (Lipinski definition) is 1. The SMILES string of the molecule is CO.Cc1ccc(-c2ccccc2)cc1.c1ccc2cc3ccccc3cc2c1. The third-order valence-electron chi connectivity index (χ3n) is 4.77. The second kappa shape index (κ2) is 10.2. The molecule has 1 nitrogen and oxygen atoms in total. The molecule has 1 N–H and O–H groups in total. The number of fused-ring (bicyclic) bond motifs is 2. The third kappa shape index (κ3) is 5.31. The average molecular weight is 379 g/mol. The van der Waals surface area contributed by atoms with E-state index >= 15 is 0 Å². The van der Waals surface area contributed by atoms with E-state index in [1.54, 1.807) is 0 Å². The van der Waals surface area contributed by atoms with Gasteiger partial charge in [0.05, 0.1) is 0 Å². The Kier molecular flexibility index (Phi) is 7.16. The van der Waals surface area contributed by atoms with Gasteiger partial charge in [-0.15, -0.1) is 0 Å². The van der Waals surface area contributed by atoms with Crippen molar-refractivity contribution in [3.8, 4) is 11.1 Å². The van der Waals surface area contributed by atoms with Crippen LogP contribution in [0, 0.1) is 6.92 Å². The molecule has 0 aliphatic carbocycles. The lowest BCUT2D eigenvalue weighted by molar-refractivity contribution is 0.399. The number of rotatable bonds is 1. The Morgan fingerprint density at radius 2 is 0.759 bits per heavy atom. The van der Waals surface area contributed by atoms with E-state index in [0.29, 0.717) is 0 Å². The van der Waals surface area contributed by atoms with Gasteiger partial charge in [0.2, 0.25) is 0 Å². The maximum Gasteiger partial charge on any atom is 0.0319 e. The van der Waals surface area contributed by atoms with Crippen LogP contribution in [0.1, 0.15) is 5.56 Å². The van der Waals surface area contributed by atoms with Crippen LogP contribution in [0.4, 0.5) is 0 Å². The maximum atomic E-state index is 7.00. The molecule has 0 saturated carbocycles. The topological polar surface area (TPSA) is 20.2 Å². The van der Waals surface area contributed by atoms with Gasteiger partial charge in [-0.05, 0) is 51.7 Å². The van der Waals surface area contributed by atoms with E-state index in [1.165, 1.54) is 38.2 Å². The van der Waals surface area contributed by atoms with Gasteiger partial charge in [0.25, 0.3) is 0 Å². The summed E-state index contributed by atoms with van der Waals surface area (Å²) in [6.07, 6.45) is 0. The van der Waals surface area contributed by atoms with E-state index in [0.717, 1.165) is 7.11 Å². The molecule has 0 amide bonds. The van der Waals surface area contributed by atoms with Crippen LogP contribution in [0.3, 0.4) is 0 Å². The largest absolute Gasteiger partial charge is 0.400 e. The summed E-state index contributed by atoms with van der Waals surface area (Å²) in [5.74, 6) is 0. The van der Waals surface area contributed by atoms with Gasteiger partial charge in [-0.2, -0.15) is 0 Å². The first-order chi connectivity index (χ1) is 14.3. The minimum absolute atomic E-state index is 1.00. The van der Waals surface area contributed by atoms with Gasteiger partial charge in [-0.3, -0.25) is 0 Å². The Balaban J connectivity index is 0.000000153. The molecule has 0 saturated heterocycles. The molecule has 0 radical (unpaired) electrons. The Morgan fingerprint density at radius 1 is 0.414 bits per heavy atom. The Hall–Kier alpha value is -3.42. The molecule has 0 heterocycles. The predicted octanol–water partition coefficient (Wildman–Crippen LogP) is 7.26. The van der Waals surface area contributed by atoms with Crippen LogP contribution in [0.2, 0.25) is 0 Å². The summed E-state index contributed by atoms with van der Waals surface area (Å²) in [4.78, 5) is 0. The van der Waals surface area contributed by atoms with Gasteiger partial charge in [0, 0.05) is 7.11 Å². The van der Waals surface area contributed by atoms with Gasteiger partial charge < -0.3 is 5.11 Å². The first-order valence-electron chi connectivity index (χ1n) is 9.74. The molecule has 0 aromatic heterocycles. The first kappa shape index (κ1) is 20.3. The minimum atomic E-state index is 1.00. The summed E-state index contributed by atoms with van der Waals surface area (Å²) < 4.78 is 0. The lowest BCUT2D eigenvalue weighted by Gasteiger charge is -2.00.